The van der Waals surface area contributed by atoms with E-state index in [1.54, 1.807) is 6.26 Å². The Balaban J connectivity index is 2.39. The molecule has 21 heavy (non-hydrogen) atoms. The first-order chi connectivity index (χ1) is 10.2. The van der Waals surface area contributed by atoms with Crippen molar-refractivity contribution in [2.75, 3.05) is 6.54 Å². The minimum Gasteiger partial charge on any atom is -0.467 e. The zero-order valence-corrected chi connectivity index (χ0v) is 13.7. The second-order valence-electron chi connectivity index (χ2n) is 5.59. The largest absolute Gasteiger partial charge is 0.467 e. The molecule has 1 atom stereocenters. The molecule has 0 fully saturated rings. The number of aryl methyl sites for hydroxylation is 3. The zero-order valence-electron chi connectivity index (χ0n) is 13.7. The maximum atomic E-state index is 5.75. The third-order valence-electron chi connectivity index (χ3n) is 4.09. The normalized spacial score (nSPS) is 12.6. The van der Waals surface area contributed by atoms with E-state index >= 15 is 0 Å². The van der Waals surface area contributed by atoms with Crippen molar-refractivity contribution >= 4 is 0 Å². The maximum Gasteiger partial charge on any atom is 0.128 e. The van der Waals surface area contributed by atoms with Crippen LogP contribution in [0.2, 0.25) is 0 Å². The van der Waals surface area contributed by atoms with Gasteiger partial charge in [-0.05, 0) is 61.1 Å². The van der Waals surface area contributed by atoms with E-state index in [0.29, 0.717) is 0 Å². The molecule has 0 aliphatic carbocycles. The summed E-state index contributed by atoms with van der Waals surface area (Å²) >= 11 is 0. The number of nitrogens with one attached hydrogen (secondary N) is 1. The average molecular weight is 285 g/mol. The van der Waals surface area contributed by atoms with Gasteiger partial charge in [0.25, 0.3) is 0 Å². The highest BCUT2D eigenvalue weighted by Gasteiger charge is 2.19. The minimum atomic E-state index is 0.149. The van der Waals surface area contributed by atoms with Crippen molar-refractivity contribution in [3.8, 4) is 0 Å². The molecule has 2 rings (SSSR count). The molecule has 1 unspecified atom stereocenters. The van der Waals surface area contributed by atoms with Crippen LogP contribution in [0.15, 0.2) is 34.9 Å². The van der Waals surface area contributed by atoms with Crippen LogP contribution in [0.5, 0.6) is 0 Å². The van der Waals surface area contributed by atoms with Crippen LogP contribution in [0.1, 0.15) is 61.2 Å². The van der Waals surface area contributed by atoms with Crippen LogP contribution in [0.25, 0.3) is 0 Å². The second-order valence-corrected chi connectivity index (χ2v) is 5.59. The Morgan fingerprint density at radius 3 is 2.38 bits per heavy atom. The smallest absolute Gasteiger partial charge is 0.128 e. The number of furan rings is 1. The summed E-state index contributed by atoms with van der Waals surface area (Å²) in [5, 5.41) is 3.62. The number of hydrogen-bond acceptors (Lipinski definition) is 2. The van der Waals surface area contributed by atoms with Crippen molar-refractivity contribution in [2.24, 2.45) is 0 Å². The van der Waals surface area contributed by atoms with Crippen LogP contribution in [-0.4, -0.2) is 6.54 Å². The van der Waals surface area contributed by atoms with Gasteiger partial charge in [-0.15, -0.1) is 0 Å². The highest BCUT2D eigenvalue weighted by atomic mass is 16.3. The Hall–Kier alpha value is -1.54. The van der Waals surface area contributed by atoms with Gasteiger partial charge in [-0.2, -0.15) is 0 Å². The lowest BCUT2D eigenvalue weighted by Crippen LogP contribution is -2.23. The van der Waals surface area contributed by atoms with Gasteiger partial charge in [-0.3, -0.25) is 0 Å². The molecule has 0 bridgehead atoms. The Morgan fingerprint density at radius 1 is 1.05 bits per heavy atom. The van der Waals surface area contributed by atoms with Crippen LogP contribution in [0.4, 0.5) is 0 Å². The first-order valence-electron chi connectivity index (χ1n) is 8.10. The van der Waals surface area contributed by atoms with Gasteiger partial charge in [0.2, 0.25) is 0 Å². The van der Waals surface area contributed by atoms with E-state index in [2.05, 4.69) is 51.2 Å². The Kier molecular flexibility index (Phi) is 5.63. The number of benzene rings is 1. The summed E-state index contributed by atoms with van der Waals surface area (Å²) in [7, 11) is 0. The molecule has 0 radical (unpaired) electrons. The lowest BCUT2D eigenvalue weighted by molar-refractivity contribution is 0.443. The number of hydrogen-bond donors (Lipinski definition) is 1. The van der Waals surface area contributed by atoms with Crippen molar-refractivity contribution in [1.82, 2.24) is 5.32 Å². The highest BCUT2D eigenvalue weighted by Crippen LogP contribution is 2.27. The van der Waals surface area contributed by atoms with E-state index in [1.165, 1.54) is 22.3 Å². The van der Waals surface area contributed by atoms with Gasteiger partial charge < -0.3 is 9.73 Å². The van der Waals surface area contributed by atoms with Crippen LogP contribution in [-0.2, 0) is 12.8 Å². The molecule has 1 aromatic carbocycles. The van der Waals surface area contributed by atoms with Gasteiger partial charge in [-0.1, -0.05) is 39.0 Å². The molecule has 2 nitrogen and oxygen atoms in total. The van der Waals surface area contributed by atoms with Crippen molar-refractivity contribution in [3.05, 3.63) is 58.5 Å². The van der Waals surface area contributed by atoms with E-state index < -0.39 is 0 Å². The number of rotatable bonds is 7. The monoisotopic (exact) mass is 285 g/mol. The molecule has 0 aliphatic heterocycles. The summed E-state index contributed by atoms with van der Waals surface area (Å²) < 4.78 is 5.75. The summed E-state index contributed by atoms with van der Waals surface area (Å²) in [4.78, 5) is 0. The summed E-state index contributed by atoms with van der Waals surface area (Å²) in [6.45, 7) is 9.74. The van der Waals surface area contributed by atoms with Gasteiger partial charge >= 0.3 is 0 Å². The van der Waals surface area contributed by atoms with Crippen molar-refractivity contribution in [1.29, 1.82) is 0 Å². The van der Waals surface area contributed by atoms with Gasteiger partial charge in [0, 0.05) is 0 Å². The third kappa shape index (κ3) is 3.56. The molecule has 0 spiro atoms. The molecule has 1 aromatic heterocycles. The van der Waals surface area contributed by atoms with Gasteiger partial charge in [0.15, 0.2) is 0 Å². The molecule has 1 N–H and O–H groups in total. The first kappa shape index (κ1) is 15.8. The van der Waals surface area contributed by atoms with E-state index in [9.17, 15) is 0 Å². The SMILES string of the molecule is CCCNC(c1ccc(CC)c(CC)c1)c1occc1C. The van der Waals surface area contributed by atoms with E-state index in [0.717, 1.165) is 31.6 Å². The first-order valence-corrected chi connectivity index (χ1v) is 8.10. The van der Waals surface area contributed by atoms with E-state index in [1.807, 2.05) is 6.07 Å². The topological polar surface area (TPSA) is 25.2 Å². The fraction of sp³-hybridized carbons (Fsp3) is 0.474. The molecule has 2 heteroatoms. The van der Waals surface area contributed by atoms with E-state index in [-0.39, 0.29) is 6.04 Å². The zero-order chi connectivity index (χ0) is 15.2. The molecule has 0 amide bonds. The molecule has 114 valence electrons. The molecule has 0 saturated carbocycles. The molecule has 0 aliphatic rings. The fourth-order valence-corrected chi connectivity index (χ4v) is 2.83. The van der Waals surface area contributed by atoms with Gasteiger partial charge in [0.05, 0.1) is 12.3 Å². The molecule has 2 aromatic rings. The van der Waals surface area contributed by atoms with Crippen molar-refractivity contribution < 1.29 is 4.42 Å². The molecular weight excluding hydrogens is 258 g/mol. The predicted octanol–water partition coefficient (Wildman–Crippen LogP) is 4.80. The van der Waals surface area contributed by atoms with Gasteiger partial charge in [-0.25, -0.2) is 0 Å². The average Bonchev–Trinajstić information content (AvgIpc) is 2.93. The molecule has 0 saturated heterocycles. The summed E-state index contributed by atoms with van der Waals surface area (Å²) in [5.41, 5.74) is 5.41. The quantitative estimate of drug-likeness (QED) is 0.790. The Morgan fingerprint density at radius 2 is 1.81 bits per heavy atom. The molecule has 1 heterocycles. The minimum absolute atomic E-state index is 0.149. The lowest BCUT2D eigenvalue weighted by atomic mass is 9.95. The summed E-state index contributed by atoms with van der Waals surface area (Å²) in [5.74, 6) is 1.04. The van der Waals surface area contributed by atoms with Crippen LogP contribution >= 0.6 is 0 Å². The van der Waals surface area contributed by atoms with Crippen LogP contribution in [0, 0.1) is 6.92 Å². The van der Waals surface area contributed by atoms with E-state index in [4.69, 9.17) is 4.42 Å². The maximum absolute atomic E-state index is 5.75. The van der Waals surface area contributed by atoms with Crippen LogP contribution < -0.4 is 5.32 Å². The fourth-order valence-electron chi connectivity index (χ4n) is 2.83. The van der Waals surface area contributed by atoms with Crippen molar-refractivity contribution in [3.63, 3.8) is 0 Å². The van der Waals surface area contributed by atoms with Crippen LogP contribution in [0.3, 0.4) is 0 Å². The molecular formula is C19H27NO. The Bertz CT molecular complexity index is 571. The Labute approximate surface area is 128 Å². The second kappa shape index (κ2) is 7.46. The summed E-state index contributed by atoms with van der Waals surface area (Å²) in [6, 6.07) is 9.04. The standard InChI is InChI=1S/C19H27NO/c1-5-11-20-18(19-14(4)10-12-21-19)17-9-8-15(6-2)16(7-3)13-17/h8-10,12-13,18,20H,5-7,11H2,1-4H3. The summed E-state index contributed by atoms with van der Waals surface area (Å²) in [6.07, 6.45) is 5.07. The van der Waals surface area contributed by atoms with Crippen molar-refractivity contribution in [2.45, 2.75) is 53.0 Å². The third-order valence-corrected chi connectivity index (χ3v) is 4.09. The lowest BCUT2D eigenvalue weighted by Gasteiger charge is -2.19. The highest BCUT2D eigenvalue weighted by molar-refractivity contribution is 5.37. The predicted molar refractivity (Wildman–Crippen MR) is 88.8 cm³/mol. The van der Waals surface area contributed by atoms with Gasteiger partial charge in [0.1, 0.15) is 5.76 Å².